The van der Waals surface area contributed by atoms with E-state index in [-0.39, 0.29) is 6.04 Å². The molecule has 2 unspecified atom stereocenters. The summed E-state index contributed by atoms with van der Waals surface area (Å²) < 4.78 is 5.54. The third kappa shape index (κ3) is 3.19. The molecule has 0 spiro atoms. The summed E-state index contributed by atoms with van der Waals surface area (Å²) in [6, 6.07) is 3.13. The van der Waals surface area contributed by atoms with E-state index in [0.29, 0.717) is 6.04 Å². The molecule has 2 rings (SSSR count). The Morgan fingerprint density at radius 3 is 2.65 bits per heavy atom. The predicted molar refractivity (Wildman–Crippen MR) is 66.7 cm³/mol. The Labute approximate surface area is 104 Å². The maximum Gasteiger partial charge on any atom is 0.0976 e. The summed E-state index contributed by atoms with van der Waals surface area (Å²) in [6.07, 6.45) is 3.40. The summed E-state index contributed by atoms with van der Waals surface area (Å²) in [6.45, 7) is 8.16. The van der Waals surface area contributed by atoms with Gasteiger partial charge >= 0.3 is 0 Å². The van der Waals surface area contributed by atoms with Gasteiger partial charge in [0.15, 0.2) is 0 Å². The molecule has 96 valence electrons. The van der Waals surface area contributed by atoms with Crippen molar-refractivity contribution in [2.75, 3.05) is 39.4 Å². The zero-order valence-corrected chi connectivity index (χ0v) is 10.8. The first-order chi connectivity index (χ1) is 8.35. The second-order valence-electron chi connectivity index (χ2n) is 5.00. The molecule has 0 saturated carbocycles. The average molecular weight is 237 g/mol. The van der Waals surface area contributed by atoms with Crippen LogP contribution in [0.4, 0.5) is 0 Å². The lowest BCUT2D eigenvalue weighted by atomic mass is 10.1. The molecule has 0 N–H and O–H groups in total. The molecule has 2 heterocycles. The van der Waals surface area contributed by atoms with Gasteiger partial charge in [0.1, 0.15) is 0 Å². The van der Waals surface area contributed by atoms with Gasteiger partial charge in [0, 0.05) is 38.8 Å². The summed E-state index contributed by atoms with van der Waals surface area (Å²) in [7, 11) is 0. The largest absolute Gasteiger partial charge is 0.380 e. The second-order valence-corrected chi connectivity index (χ2v) is 5.00. The van der Waals surface area contributed by atoms with E-state index in [1.807, 2.05) is 0 Å². The van der Waals surface area contributed by atoms with E-state index in [1.54, 1.807) is 0 Å². The lowest BCUT2D eigenvalue weighted by Gasteiger charge is -2.41. The van der Waals surface area contributed by atoms with Crippen LogP contribution in [0.5, 0.6) is 0 Å². The van der Waals surface area contributed by atoms with Crippen molar-refractivity contribution >= 4 is 0 Å². The third-order valence-corrected chi connectivity index (χ3v) is 3.98. The molecular weight excluding hydrogens is 214 g/mol. The van der Waals surface area contributed by atoms with Crippen molar-refractivity contribution in [2.24, 2.45) is 0 Å². The van der Waals surface area contributed by atoms with Crippen molar-refractivity contribution < 1.29 is 4.74 Å². The van der Waals surface area contributed by atoms with Crippen LogP contribution < -0.4 is 0 Å². The van der Waals surface area contributed by atoms with Crippen LogP contribution in [0, 0.1) is 11.3 Å². The van der Waals surface area contributed by atoms with E-state index in [0.717, 1.165) is 45.8 Å². The summed E-state index contributed by atoms with van der Waals surface area (Å²) in [4.78, 5) is 4.86. The van der Waals surface area contributed by atoms with Crippen LogP contribution in [0.25, 0.3) is 0 Å². The molecular formula is C13H23N3O. The quantitative estimate of drug-likeness (QED) is 0.736. The van der Waals surface area contributed by atoms with Gasteiger partial charge in [0.05, 0.1) is 18.7 Å². The molecule has 0 aromatic carbocycles. The Kier molecular flexibility index (Phi) is 4.78. The van der Waals surface area contributed by atoms with Gasteiger partial charge in [0.25, 0.3) is 0 Å². The van der Waals surface area contributed by atoms with Crippen LogP contribution in [0.3, 0.4) is 0 Å². The molecule has 2 atom stereocenters. The van der Waals surface area contributed by atoms with E-state index in [9.17, 15) is 0 Å². The van der Waals surface area contributed by atoms with Crippen LogP contribution in [-0.2, 0) is 4.74 Å². The Bertz CT molecular complexity index is 262. The standard InChI is InChI=1S/C13H23N3O/c1-2-12(10-14)15-5-7-16(8-6-15)13-4-3-9-17-11-13/h12-13H,2-9,11H2,1H3. The number of rotatable bonds is 3. The topological polar surface area (TPSA) is 39.5 Å². The van der Waals surface area contributed by atoms with Gasteiger partial charge in [-0.3, -0.25) is 9.80 Å². The minimum Gasteiger partial charge on any atom is -0.380 e. The summed E-state index contributed by atoms with van der Waals surface area (Å²) in [5.74, 6) is 0. The fraction of sp³-hybridized carbons (Fsp3) is 0.923. The lowest BCUT2D eigenvalue weighted by molar-refractivity contribution is -0.00487. The van der Waals surface area contributed by atoms with E-state index >= 15 is 0 Å². The molecule has 4 nitrogen and oxygen atoms in total. The second kappa shape index (κ2) is 6.34. The first kappa shape index (κ1) is 12.8. The normalized spacial score (nSPS) is 29.8. The maximum absolute atomic E-state index is 9.07. The van der Waals surface area contributed by atoms with Crippen molar-refractivity contribution in [3.63, 3.8) is 0 Å². The highest BCUT2D eigenvalue weighted by atomic mass is 16.5. The molecule has 0 aromatic rings. The maximum atomic E-state index is 9.07. The van der Waals surface area contributed by atoms with Gasteiger partial charge in [-0.05, 0) is 19.3 Å². The van der Waals surface area contributed by atoms with E-state index in [1.165, 1.54) is 12.8 Å². The first-order valence-electron chi connectivity index (χ1n) is 6.80. The highest BCUT2D eigenvalue weighted by Gasteiger charge is 2.27. The van der Waals surface area contributed by atoms with Gasteiger partial charge in [-0.1, -0.05) is 6.92 Å². The van der Waals surface area contributed by atoms with Gasteiger partial charge in [-0.25, -0.2) is 0 Å². The smallest absolute Gasteiger partial charge is 0.0976 e. The number of nitrogens with zero attached hydrogens (tertiary/aromatic N) is 3. The van der Waals surface area contributed by atoms with E-state index in [4.69, 9.17) is 10.00 Å². The van der Waals surface area contributed by atoms with Crippen LogP contribution >= 0.6 is 0 Å². The number of hydrogen-bond donors (Lipinski definition) is 0. The van der Waals surface area contributed by atoms with Crippen molar-refractivity contribution in [2.45, 2.75) is 38.3 Å². The first-order valence-corrected chi connectivity index (χ1v) is 6.80. The Hall–Kier alpha value is -0.630. The monoisotopic (exact) mass is 237 g/mol. The summed E-state index contributed by atoms with van der Waals surface area (Å²) >= 11 is 0. The van der Waals surface area contributed by atoms with Gasteiger partial charge < -0.3 is 4.74 Å². The van der Waals surface area contributed by atoms with Crippen molar-refractivity contribution in [1.82, 2.24) is 9.80 Å². The van der Waals surface area contributed by atoms with Crippen molar-refractivity contribution in [1.29, 1.82) is 5.26 Å². The van der Waals surface area contributed by atoms with Crippen molar-refractivity contribution in [3.05, 3.63) is 0 Å². The zero-order chi connectivity index (χ0) is 12.1. The minimum absolute atomic E-state index is 0.111. The molecule has 17 heavy (non-hydrogen) atoms. The van der Waals surface area contributed by atoms with Crippen LogP contribution in [-0.4, -0.2) is 61.3 Å². The molecule has 2 fully saturated rings. The molecule has 0 aliphatic carbocycles. The van der Waals surface area contributed by atoms with Crippen LogP contribution in [0.2, 0.25) is 0 Å². The molecule has 0 aromatic heterocycles. The fourth-order valence-electron chi connectivity index (χ4n) is 2.86. The van der Waals surface area contributed by atoms with Gasteiger partial charge in [-0.15, -0.1) is 0 Å². The molecule has 0 radical (unpaired) electrons. The Balaban J connectivity index is 1.79. The number of piperazine rings is 1. The highest BCUT2D eigenvalue weighted by molar-refractivity contribution is 4.93. The third-order valence-electron chi connectivity index (χ3n) is 3.98. The SMILES string of the molecule is CCC(C#N)N1CCN(C2CCCOC2)CC1. The Morgan fingerprint density at radius 1 is 1.35 bits per heavy atom. The number of nitriles is 1. The highest BCUT2D eigenvalue weighted by Crippen LogP contribution is 2.17. The van der Waals surface area contributed by atoms with Gasteiger partial charge in [-0.2, -0.15) is 5.26 Å². The van der Waals surface area contributed by atoms with Gasteiger partial charge in [0.2, 0.25) is 0 Å². The molecule has 2 saturated heterocycles. The molecule has 0 bridgehead atoms. The zero-order valence-electron chi connectivity index (χ0n) is 10.8. The molecule has 0 amide bonds. The molecule has 4 heteroatoms. The average Bonchev–Trinajstić information content (AvgIpc) is 2.42. The molecule has 2 aliphatic rings. The van der Waals surface area contributed by atoms with Crippen molar-refractivity contribution in [3.8, 4) is 6.07 Å². The summed E-state index contributed by atoms with van der Waals surface area (Å²) in [5, 5.41) is 9.07. The van der Waals surface area contributed by atoms with Crippen LogP contribution in [0.15, 0.2) is 0 Å². The summed E-state index contributed by atoms with van der Waals surface area (Å²) in [5.41, 5.74) is 0. The van der Waals surface area contributed by atoms with E-state index in [2.05, 4.69) is 22.8 Å². The Morgan fingerprint density at radius 2 is 2.12 bits per heavy atom. The predicted octanol–water partition coefficient (Wildman–Crippen LogP) is 1.09. The molecule has 2 aliphatic heterocycles. The number of hydrogen-bond acceptors (Lipinski definition) is 4. The van der Waals surface area contributed by atoms with Crippen LogP contribution in [0.1, 0.15) is 26.2 Å². The van der Waals surface area contributed by atoms with E-state index < -0.39 is 0 Å². The number of ether oxygens (including phenoxy) is 1. The fourth-order valence-corrected chi connectivity index (χ4v) is 2.86. The minimum atomic E-state index is 0.111. The lowest BCUT2D eigenvalue weighted by Crippen LogP contribution is -2.54.